The highest BCUT2D eigenvalue weighted by Gasteiger charge is 2.24. The van der Waals surface area contributed by atoms with Gasteiger partial charge in [0, 0.05) is 5.69 Å². The summed E-state index contributed by atoms with van der Waals surface area (Å²) in [5.41, 5.74) is 6.13. The SMILES string of the molecule is CCOc1ncnc2c1oc1nc(CC(C)C)c3c(c12)CCCC3. The maximum atomic E-state index is 6.06. The Morgan fingerprint density at radius 2 is 1.96 bits per heavy atom. The van der Waals surface area contributed by atoms with Crippen LogP contribution in [0.25, 0.3) is 22.2 Å². The van der Waals surface area contributed by atoms with Crippen LogP contribution in [0.4, 0.5) is 0 Å². The maximum absolute atomic E-state index is 6.06. The molecule has 5 nitrogen and oxygen atoms in total. The molecule has 0 bridgehead atoms. The first-order valence-electron chi connectivity index (χ1n) is 8.89. The lowest BCUT2D eigenvalue weighted by Gasteiger charge is -2.20. The van der Waals surface area contributed by atoms with Crippen LogP contribution in [0.2, 0.25) is 0 Å². The lowest BCUT2D eigenvalue weighted by atomic mass is 9.87. The Hall–Kier alpha value is -2.17. The van der Waals surface area contributed by atoms with E-state index in [0.717, 1.165) is 30.2 Å². The van der Waals surface area contributed by atoms with E-state index in [1.54, 1.807) is 6.33 Å². The van der Waals surface area contributed by atoms with Crippen molar-refractivity contribution in [2.75, 3.05) is 6.61 Å². The molecule has 3 aromatic rings. The van der Waals surface area contributed by atoms with E-state index in [0.29, 0.717) is 29.7 Å². The fraction of sp³-hybridized carbons (Fsp3) is 0.526. The fourth-order valence-corrected chi connectivity index (χ4v) is 3.71. The number of aryl methyl sites for hydroxylation is 1. The Bertz CT molecular complexity index is 899. The summed E-state index contributed by atoms with van der Waals surface area (Å²) in [4.78, 5) is 13.6. The predicted octanol–water partition coefficient (Wildman–Crippen LogP) is 4.25. The molecule has 0 spiro atoms. The number of fused-ring (bicyclic) bond motifs is 5. The molecule has 0 saturated carbocycles. The number of hydrogen-bond donors (Lipinski definition) is 0. The zero-order chi connectivity index (χ0) is 16.7. The summed E-state index contributed by atoms with van der Waals surface area (Å²) in [6.07, 6.45) is 7.17. The van der Waals surface area contributed by atoms with Gasteiger partial charge in [-0.1, -0.05) is 13.8 Å². The Labute approximate surface area is 141 Å². The second-order valence-electron chi connectivity index (χ2n) is 6.89. The summed E-state index contributed by atoms with van der Waals surface area (Å²) < 4.78 is 11.7. The molecule has 1 aliphatic carbocycles. The van der Waals surface area contributed by atoms with E-state index in [9.17, 15) is 0 Å². The fourth-order valence-electron chi connectivity index (χ4n) is 3.71. The first kappa shape index (κ1) is 15.4. The number of pyridine rings is 1. The van der Waals surface area contributed by atoms with E-state index in [-0.39, 0.29) is 0 Å². The second kappa shape index (κ2) is 6.04. The monoisotopic (exact) mass is 325 g/mol. The van der Waals surface area contributed by atoms with E-state index < -0.39 is 0 Å². The van der Waals surface area contributed by atoms with Crippen molar-refractivity contribution in [3.8, 4) is 5.88 Å². The number of hydrogen-bond acceptors (Lipinski definition) is 5. The van der Waals surface area contributed by atoms with Crippen LogP contribution in [0.5, 0.6) is 5.88 Å². The van der Waals surface area contributed by atoms with Crippen molar-refractivity contribution in [2.24, 2.45) is 5.92 Å². The molecule has 3 heterocycles. The minimum Gasteiger partial charge on any atom is -0.475 e. The molecule has 0 unspecified atom stereocenters. The van der Waals surface area contributed by atoms with Gasteiger partial charge in [-0.25, -0.2) is 9.97 Å². The van der Waals surface area contributed by atoms with Crippen molar-refractivity contribution < 1.29 is 9.15 Å². The molecule has 0 aromatic carbocycles. The third-order valence-corrected chi connectivity index (χ3v) is 4.66. The molecule has 126 valence electrons. The van der Waals surface area contributed by atoms with Gasteiger partial charge in [-0.2, -0.15) is 4.98 Å². The van der Waals surface area contributed by atoms with E-state index in [4.69, 9.17) is 14.1 Å². The number of nitrogens with zero attached hydrogens (tertiary/aromatic N) is 3. The summed E-state index contributed by atoms with van der Waals surface area (Å²) in [7, 11) is 0. The van der Waals surface area contributed by atoms with Gasteiger partial charge in [0.25, 0.3) is 5.88 Å². The Morgan fingerprint density at radius 3 is 2.71 bits per heavy atom. The Balaban J connectivity index is 2.03. The molecule has 0 radical (unpaired) electrons. The molecule has 0 atom stereocenters. The minimum absolute atomic E-state index is 0.510. The van der Waals surface area contributed by atoms with Crippen LogP contribution >= 0.6 is 0 Å². The highest BCUT2D eigenvalue weighted by atomic mass is 16.5. The van der Waals surface area contributed by atoms with Crippen LogP contribution in [0, 0.1) is 5.92 Å². The smallest absolute Gasteiger partial charge is 0.261 e. The molecule has 0 saturated heterocycles. The van der Waals surface area contributed by atoms with Crippen molar-refractivity contribution in [3.05, 3.63) is 23.1 Å². The molecule has 24 heavy (non-hydrogen) atoms. The molecular formula is C19H23N3O2. The standard InChI is InChI=1S/C19H23N3O2/c1-4-23-19-17-16(20-10-21-19)15-13-8-6-5-7-12(13)14(9-11(2)3)22-18(15)24-17/h10-11H,4-9H2,1-3H3. The second-order valence-corrected chi connectivity index (χ2v) is 6.89. The van der Waals surface area contributed by atoms with Gasteiger partial charge in [0.15, 0.2) is 0 Å². The average molecular weight is 325 g/mol. The van der Waals surface area contributed by atoms with Gasteiger partial charge in [-0.05, 0) is 56.1 Å². The zero-order valence-corrected chi connectivity index (χ0v) is 14.6. The number of aromatic nitrogens is 3. The zero-order valence-electron chi connectivity index (χ0n) is 14.6. The summed E-state index contributed by atoms with van der Waals surface area (Å²) in [6, 6.07) is 0. The third-order valence-electron chi connectivity index (χ3n) is 4.66. The van der Waals surface area contributed by atoms with Crippen molar-refractivity contribution in [2.45, 2.75) is 52.9 Å². The van der Waals surface area contributed by atoms with Crippen LogP contribution in [-0.4, -0.2) is 21.6 Å². The van der Waals surface area contributed by atoms with Crippen LogP contribution in [-0.2, 0) is 19.3 Å². The third kappa shape index (κ3) is 2.43. The van der Waals surface area contributed by atoms with Crippen LogP contribution in [0.1, 0.15) is 50.4 Å². The molecule has 1 aliphatic rings. The topological polar surface area (TPSA) is 61.0 Å². The number of ether oxygens (including phenoxy) is 1. The highest BCUT2D eigenvalue weighted by Crippen LogP contribution is 2.38. The predicted molar refractivity (Wildman–Crippen MR) is 93.5 cm³/mol. The van der Waals surface area contributed by atoms with E-state index >= 15 is 0 Å². The van der Waals surface area contributed by atoms with Crippen LogP contribution < -0.4 is 4.74 Å². The summed E-state index contributed by atoms with van der Waals surface area (Å²) >= 11 is 0. The van der Waals surface area contributed by atoms with Gasteiger partial charge >= 0.3 is 0 Å². The van der Waals surface area contributed by atoms with E-state index in [1.807, 2.05) is 6.92 Å². The Morgan fingerprint density at radius 1 is 1.17 bits per heavy atom. The molecule has 5 heteroatoms. The number of furan rings is 1. The van der Waals surface area contributed by atoms with Gasteiger partial charge < -0.3 is 9.15 Å². The lowest BCUT2D eigenvalue weighted by molar-refractivity contribution is 0.325. The molecular weight excluding hydrogens is 302 g/mol. The normalized spacial score (nSPS) is 14.5. The van der Waals surface area contributed by atoms with E-state index in [1.165, 1.54) is 29.7 Å². The molecule has 0 fully saturated rings. The highest BCUT2D eigenvalue weighted by molar-refractivity contribution is 6.04. The largest absolute Gasteiger partial charge is 0.475 e. The molecule has 4 rings (SSSR count). The summed E-state index contributed by atoms with van der Waals surface area (Å²) in [5.74, 6) is 1.08. The molecule has 0 amide bonds. The Kier molecular flexibility index (Phi) is 3.87. The lowest BCUT2D eigenvalue weighted by Crippen LogP contribution is -2.11. The summed E-state index contributed by atoms with van der Waals surface area (Å²) in [6.45, 7) is 6.96. The first-order chi connectivity index (χ1) is 11.7. The summed E-state index contributed by atoms with van der Waals surface area (Å²) in [5, 5.41) is 1.07. The van der Waals surface area contributed by atoms with Crippen molar-refractivity contribution in [1.82, 2.24) is 15.0 Å². The first-order valence-corrected chi connectivity index (χ1v) is 8.89. The van der Waals surface area contributed by atoms with Gasteiger partial charge in [-0.15, -0.1) is 0 Å². The number of rotatable bonds is 4. The van der Waals surface area contributed by atoms with Gasteiger partial charge in [-0.3, -0.25) is 0 Å². The van der Waals surface area contributed by atoms with Gasteiger partial charge in [0.05, 0.1) is 12.0 Å². The van der Waals surface area contributed by atoms with Gasteiger partial charge in [0.2, 0.25) is 11.3 Å². The van der Waals surface area contributed by atoms with Crippen LogP contribution in [0.15, 0.2) is 10.7 Å². The minimum atomic E-state index is 0.510. The van der Waals surface area contributed by atoms with E-state index in [2.05, 4.69) is 23.8 Å². The molecule has 3 aromatic heterocycles. The van der Waals surface area contributed by atoms with Crippen molar-refractivity contribution >= 4 is 22.2 Å². The molecule has 0 aliphatic heterocycles. The van der Waals surface area contributed by atoms with Gasteiger partial charge in [0.1, 0.15) is 11.8 Å². The molecule has 0 N–H and O–H groups in total. The quantitative estimate of drug-likeness (QED) is 0.717. The maximum Gasteiger partial charge on any atom is 0.261 e. The van der Waals surface area contributed by atoms with Crippen molar-refractivity contribution in [3.63, 3.8) is 0 Å². The van der Waals surface area contributed by atoms with Crippen molar-refractivity contribution in [1.29, 1.82) is 0 Å². The average Bonchev–Trinajstić information content (AvgIpc) is 2.94. The van der Waals surface area contributed by atoms with Crippen LogP contribution in [0.3, 0.4) is 0 Å².